The van der Waals surface area contributed by atoms with Gasteiger partial charge >= 0.3 is 0 Å². The number of carbonyl (C=O) groups excluding carboxylic acids is 1. The average molecular weight is 421 g/mol. The summed E-state index contributed by atoms with van der Waals surface area (Å²) < 4.78 is 12.4. The van der Waals surface area contributed by atoms with Gasteiger partial charge in [0.2, 0.25) is 0 Å². The molecular formula is C24H27N3O4. The zero-order valence-electron chi connectivity index (χ0n) is 18.2. The van der Waals surface area contributed by atoms with Crippen LogP contribution in [0, 0.1) is 13.8 Å². The number of amides is 1. The molecule has 0 aliphatic rings. The van der Waals surface area contributed by atoms with E-state index >= 15 is 0 Å². The standard InChI is InChI=1S/C24H27N3O4/c1-16-6-5-7-22(17(16)2)31-18(3)24(29)25-12-13-27-15-26-21(14-23(27)28)19-8-10-20(30-4)11-9-19/h5-11,14-15,18H,12-13H2,1-4H3,(H,25,29). The first kappa shape index (κ1) is 22.1. The minimum atomic E-state index is -0.646. The Morgan fingerprint density at radius 2 is 1.90 bits per heavy atom. The number of methoxy groups -OCH3 is 1. The second-order valence-corrected chi connectivity index (χ2v) is 7.28. The van der Waals surface area contributed by atoms with Crippen LogP contribution in [0.4, 0.5) is 0 Å². The lowest BCUT2D eigenvalue weighted by atomic mass is 10.1. The second-order valence-electron chi connectivity index (χ2n) is 7.28. The summed E-state index contributed by atoms with van der Waals surface area (Å²) in [6.45, 7) is 6.27. The van der Waals surface area contributed by atoms with Gasteiger partial charge in [-0.2, -0.15) is 0 Å². The monoisotopic (exact) mass is 421 g/mol. The van der Waals surface area contributed by atoms with Crippen molar-refractivity contribution in [2.45, 2.75) is 33.4 Å². The Labute approximate surface area is 181 Å². The van der Waals surface area contributed by atoms with E-state index in [9.17, 15) is 9.59 Å². The Hall–Kier alpha value is -3.61. The summed E-state index contributed by atoms with van der Waals surface area (Å²) in [5.41, 5.74) is 3.35. The van der Waals surface area contributed by atoms with Gasteiger partial charge in [-0.15, -0.1) is 0 Å². The fraction of sp³-hybridized carbons (Fsp3) is 0.292. The molecule has 7 heteroatoms. The SMILES string of the molecule is COc1ccc(-c2cc(=O)n(CCNC(=O)C(C)Oc3cccc(C)c3C)cn2)cc1. The Morgan fingerprint density at radius 1 is 1.16 bits per heavy atom. The van der Waals surface area contributed by atoms with E-state index in [2.05, 4.69) is 10.3 Å². The quantitative estimate of drug-likeness (QED) is 0.604. The highest BCUT2D eigenvalue weighted by molar-refractivity contribution is 5.80. The van der Waals surface area contributed by atoms with Crippen molar-refractivity contribution in [3.8, 4) is 22.8 Å². The average Bonchev–Trinajstić information content (AvgIpc) is 2.78. The van der Waals surface area contributed by atoms with Crippen LogP contribution in [0.15, 0.2) is 59.7 Å². The third-order valence-corrected chi connectivity index (χ3v) is 5.15. The molecule has 0 spiro atoms. The van der Waals surface area contributed by atoms with Crippen LogP contribution >= 0.6 is 0 Å². The molecule has 2 aromatic carbocycles. The maximum absolute atomic E-state index is 12.4. The molecule has 3 aromatic rings. The molecule has 0 aliphatic heterocycles. The number of benzene rings is 2. The van der Waals surface area contributed by atoms with Crippen LogP contribution in [0.25, 0.3) is 11.3 Å². The van der Waals surface area contributed by atoms with Crippen molar-refractivity contribution in [1.29, 1.82) is 0 Å². The van der Waals surface area contributed by atoms with E-state index in [1.807, 2.05) is 56.3 Å². The molecule has 0 bridgehead atoms. The molecule has 31 heavy (non-hydrogen) atoms. The van der Waals surface area contributed by atoms with Crippen LogP contribution in [-0.4, -0.2) is 35.2 Å². The van der Waals surface area contributed by atoms with Crippen molar-refractivity contribution in [2.75, 3.05) is 13.7 Å². The van der Waals surface area contributed by atoms with E-state index in [-0.39, 0.29) is 11.5 Å². The third kappa shape index (κ3) is 5.51. The zero-order chi connectivity index (χ0) is 22.4. The van der Waals surface area contributed by atoms with E-state index in [1.165, 1.54) is 17.0 Å². The minimum Gasteiger partial charge on any atom is -0.497 e. The maximum Gasteiger partial charge on any atom is 0.260 e. The van der Waals surface area contributed by atoms with Gasteiger partial charge in [0.05, 0.1) is 19.1 Å². The molecule has 0 aliphatic carbocycles. The van der Waals surface area contributed by atoms with Crippen molar-refractivity contribution >= 4 is 5.91 Å². The lowest BCUT2D eigenvalue weighted by Gasteiger charge is -2.17. The molecule has 1 N–H and O–H groups in total. The van der Waals surface area contributed by atoms with Gasteiger partial charge in [0, 0.05) is 24.7 Å². The van der Waals surface area contributed by atoms with Crippen LogP contribution < -0.4 is 20.3 Å². The number of aromatic nitrogens is 2. The molecule has 0 saturated heterocycles. The highest BCUT2D eigenvalue weighted by Gasteiger charge is 2.15. The largest absolute Gasteiger partial charge is 0.497 e. The number of aryl methyl sites for hydroxylation is 1. The molecule has 7 nitrogen and oxygen atoms in total. The summed E-state index contributed by atoms with van der Waals surface area (Å²) in [6, 6.07) is 14.6. The van der Waals surface area contributed by atoms with Gasteiger partial charge in [-0.05, 0) is 62.2 Å². The van der Waals surface area contributed by atoms with E-state index < -0.39 is 6.10 Å². The smallest absolute Gasteiger partial charge is 0.260 e. The topological polar surface area (TPSA) is 82.5 Å². The van der Waals surface area contributed by atoms with Crippen LogP contribution in [0.1, 0.15) is 18.1 Å². The number of hydrogen-bond acceptors (Lipinski definition) is 5. The molecule has 1 heterocycles. The Bertz CT molecular complexity index is 1110. The molecule has 1 unspecified atom stereocenters. The molecular weight excluding hydrogens is 394 g/mol. The number of ether oxygens (including phenoxy) is 2. The van der Waals surface area contributed by atoms with Crippen molar-refractivity contribution in [2.24, 2.45) is 0 Å². The maximum atomic E-state index is 12.4. The fourth-order valence-corrected chi connectivity index (χ4v) is 3.05. The minimum absolute atomic E-state index is 0.185. The van der Waals surface area contributed by atoms with Gasteiger partial charge in [-0.1, -0.05) is 12.1 Å². The highest BCUT2D eigenvalue weighted by Crippen LogP contribution is 2.22. The lowest BCUT2D eigenvalue weighted by Crippen LogP contribution is -2.39. The first-order chi connectivity index (χ1) is 14.9. The number of hydrogen-bond donors (Lipinski definition) is 1. The molecule has 3 rings (SSSR count). The van der Waals surface area contributed by atoms with Crippen molar-refractivity contribution in [1.82, 2.24) is 14.9 Å². The normalized spacial score (nSPS) is 11.6. The first-order valence-corrected chi connectivity index (χ1v) is 10.1. The zero-order valence-corrected chi connectivity index (χ0v) is 18.2. The Balaban J connectivity index is 1.55. The van der Waals surface area contributed by atoms with Gasteiger partial charge in [-0.25, -0.2) is 4.98 Å². The first-order valence-electron chi connectivity index (χ1n) is 10.1. The fourth-order valence-electron chi connectivity index (χ4n) is 3.05. The summed E-state index contributed by atoms with van der Waals surface area (Å²) in [5.74, 6) is 1.19. The van der Waals surface area contributed by atoms with Gasteiger partial charge in [0.25, 0.3) is 11.5 Å². The second kappa shape index (κ2) is 9.93. The van der Waals surface area contributed by atoms with Crippen LogP contribution in [0.5, 0.6) is 11.5 Å². The highest BCUT2D eigenvalue weighted by atomic mass is 16.5. The van der Waals surface area contributed by atoms with Gasteiger partial charge < -0.3 is 14.8 Å². The lowest BCUT2D eigenvalue weighted by molar-refractivity contribution is -0.127. The van der Waals surface area contributed by atoms with Crippen molar-refractivity contribution < 1.29 is 14.3 Å². The molecule has 0 saturated carbocycles. The molecule has 1 amide bonds. The van der Waals surface area contributed by atoms with E-state index in [0.717, 1.165) is 22.4 Å². The predicted octanol–water partition coefficient (Wildman–Crippen LogP) is 3.12. The molecule has 0 fully saturated rings. The molecule has 1 aromatic heterocycles. The summed E-state index contributed by atoms with van der Waals surface area (Å²) in [5, 5.41) is 2.81. The van der Waals surface area contributed by atoms with Gasteiger partial charge in [0.1, 0.15) is 11.5 Å². The van der Waals surface area contributed by atoms with Crippen molar-refractivity contribution in [3.63, 3.8) is 0 Å². The summed E-state index contributed by atoms with van der Waals surface area (Å²) in [7, 11) is 1.60. The predicted molar refractivity (Wildman–Crippen MR) is 120 cm³/mol. The Morgan fingerprint density at radius 3 is 2.58 bits per heavy atom. The number of carbonyl (C=O) groups is 1. The molecule has 162 valence electrons. The van der Waals surface area contributed by atoms with Crippen LogP contribution in [0.3, 0.4) is 0 Å². The van der Waals surface area contributed by atoms with Gasteiger partial charge in [-0.3, -0.25) is 14.2 Å². The number of nitrogens with zero attached hydrogens (tertiary/aromatic N) is 2. The Kier molecular flexibility index (Phi) is 7.07. The van der Waals surface area contributed by atoms with Crippen LogP contribution in [-0.2, 0) is 11.3 Å². The van der Waals surface area contributed by atoms with Crippen LogP contribution in [0.2, 0.25) is 0 Å². The van der Waals surface area contributed by atoms with E-state index in [4.69, 9.17) is 9.47 Å². The third-order valence-electron chi connectivity index (χ3n) is 5.15. The molecule has 0 radical (unpaired) electrons. The summed E-state index contributed by atoms with van der Waals surface area (Å²) in [4.78, 5) is 29.1. The summed E-state index contributed by atoms with van der Waals surface area (Å²) >= 11 is 0. The van der Waals surface area contributed by atoms with Gasteiger partial charge in [0.15, 0.2) is 6.10 Å². The summed E-state index contributed by atoms with van der Waals surface area (Å²) in [6.07, 6.45) is 0.845. The van der Waals surface area contributed by atoms with Crippen molar-refractivity contribution in [3.05, 3.63) is 76.3 Å². The van der Waals surface area contributed by atoms with E-state index in [1.54, 1.807) is 14.0 Å². The number of nitrogens with one attached hydrogen (secondary N) is 1. The number of rotatable bonds is 8. The van der Waals surface area contributed by atoms with E-state index in [0.29, 0.717) is 24.5 Å². The molecule has 1 atom stereocenters.